The zero-order valence-electron chi connectivity index (χ0n) is 72.9. The molecule has 8 heterocycles. The van der Waals surface area contributed by atoms with Gasteiger partial charge in [-0.25, -0.2) is 14.4 Å². The van der Waals surface area contributed by atoms with Gasteiger partial charge in [-0.15, -0.1) is 0 Å². The molecule has 5 aromatic rings. The molecule has 13 rings (SSSR count). The summed E-state index contributed by atoms with van der Waals surface area (Å²) >= 11 is 0. The Morgan fingerprint density at radius 2 is 0.653 bits per heavy atom. The van der Waals surface area contributed by atoms with Crippen LogP contribution in [-0.2, 0) is 120 Å². The topological polar surface area (TPSA) is 273 Å². The van der Waals surface area contributed by atoms with Gasteiger partial charge >= 0.3 is 17.9 Å². The lowest BCUT2D eigenvalue weighted by atomic mass is 9.81. The van der Waals surface area contributed by atoms with Crippen LogP contribution in [0.2, 0.25) is 0 Å². The predicted molar refractivity (Wildman–Crippen MR) is 439 cm³/mol. The molecule has 15 unspecified atom stereocenters. The molecule has 5 aromatic carbocycles. The molecule has 27 heteroatoms. The fraction of sp³-hybridized carbons (Fsp3) is 0.649. The van der Waals surface area contributed by atoms with Crippen LogP contribution in [0, 0.1) is 65.1 Å². The number of esters is 3. The molecule has 0 aromatic heterocycles. The number of rotatable bonds is 33. The van der Waals surface area contributed by atoms with Crippen molar-refractivity contribution >= 4 is 17.9 Å². The molecule has 0 amide bonds. The van der Waals surface area contributed by atoms with Crippen molar-refractivity contribution < 1.29 is 128 Å². The van der Waals surface area contributed by atoms with Crippen molar-refractivity contribution in [2.75, 3.05) is 81.8 Å². The summed E-state index contributed by atoms with van der Waals surface area (Å²) in [4.78, 5) is 42.8. The first-order chi connectivity index (χ1) is 58.5. The van der Waals surface area contributed by atoms with Crippen molar-refractivity contribution in [2.24, 2.45) is 65.1 Å². The first-order valence-electron chi connectivity index (χ1n) is 43.2. The van der Waals surface area contributed by atoms with E-state index in [-0.39, 0.29) is 111 Å². The number of methoxy groups -OCH3 is 5. The third kappa shape index (κ3) is 21.7. The number of ether oxygens (including phenoxy) is 24. The van der Waals surface area contributed by atoms with Gasteiger partial charge in [0, 0.05) is 76.6 Å². The average Bonchev–Trinajstić information content (AvgIpc) is 0.763. The molecule has 36 atom stereocenters. The number of carbonyl (C=O) groups excluding carboxylic acids is 3. The number of benzene rings is 5. The molecule has 8 aliphatic rings. The van der Waals surface area contributed by atoms with E-state index in [0.29, 0.717) is 24.3 Å². The van der Waals surface area contributed by atoms with Crippen LogP contribution >= 0.6 is 0 Å². The van der Waals surface area contributed by atoms with Crippen molar-refractivity contribution in [1.29, 1.82) is 0 Å². The lowest BCUT2D eigenvalue weighted by molar-refractivity contribution is -0.384. The Morgan fingerprint density at radius 1 is 0.314 bits per heavy atom. The van der Waals surface area contributed by atoms with E-state index in [1.54, 1.807) is 114 Å². The van der Waals surface area contributed by atoms with E-state index in [9.17, 15) is 14.4 Å². The minimum absolute atomic E-state index is 0.0185. The third-order valence-electron chi connectivity index (χ3n) is 26.6. The molecule has 121 heavy (non-hydrogen) atoms. The highest BCUT2D eigenvalue weighted by molar-refractivity contribution is 5.90. The van der Waals surface area contributed by atoms with E-state index >= 15 is 0 Å². The fourth-order valence-electron chi connectivity index (χ4n) is 18.5. The summed E-state index contributed by atoms with van der Waals surface area (Å²) in [6.07, 6.45) is -18.6. The van der Waals surface area contributed by atoms with Gasteiger partial charge in [0.15, 0.2) is 50.1 Å². The zero-order valence-corrected chi connectivity index (χ0v) is 72.9. The first kappa shape index (κ1) is 92.3. The standard InChI is InChI=1S/C94H128O27/c1-51-52(2)75(71(107-62(51)12)47-103-43-63-33-23-18-24-34-63)119-92-82(101-16)59(9)79(69(111-92)45-99-14)115-88-56(6)53(3)76(68(108-88)44-98-13)120-93-83(102-17)60(10)80(70(112-93)46-100-15)116-89-58(8)55(5)78(72(109-89)48-104-85(95)64-35-25-19-26-36-64)121-94-84(114-87(97)66-39-29-21-30-40-66)61(11)81(73(113-94)49-105-86(96)65-37-27-20-28-38-65)117-90-57(7)54(4)77-74(110-90)50-106-91(118-77)67-41-31-22-32-42-67/h18-42,51-62,68-84,88-94H,43-50H2,1-17H3/t51?,52-,53?,54?,55-,56?,57?,58?,59?,60+,61?,62+,68+,69+,70?,71?,72?,73+,74+,75+,76+,77+,78+,79+,80+,81+,82?,83?,84?,88-,89-,90-,91?,92+,93+,94+/m1/s1. The quantitative estimate of drug-likeness (QED) is 0.0279. The Hall–Kier alpha value is -6.33. The predicted octanol–water partition coefficient (Wildman–Crippen LogP) is 12.7. The van der Waals surface area contributed by atoms with Crippen LogP contribution in [-0.4, -0.2) is 247 Å². The van der Waals surface area contributed by atoms with Gasteiger partial charge in [0.2, 0.25) is 0 Å². The van der Waals surface area contributed by atoms with Gasteiger partial charge in [-0.05, 0) is 78.5 Å². The third-order valence-corrected chi connectivity index (χ3v) is 26.6. The highest BCUT2D eigenvalue weighted by Crippen LogP contribution is 2.47. The van der Waals surface area contributed by atoms with E-state index in [2.05, 4.69) is 48.5 Å². The number of hydrogen-bond donors (Lipinski definition) is 0. The minimum atomic E-state index is -1.40. The second-order valence-corrected chi connectivity index (χ2v) is 34.3. The Bertz CT molecular complexity index is 3950. The molecule has 8 aliphatic heterocycles. The SMILES string of the molecule is COCC1O[C@@H](O[C@H]2C(C)C(C)[C@@H](O[C@H]3C(C)C(OC)[C@H](O[C@@H]4C(COCc5ccccc5)O[C@@H](C)C(C)[C@H]4C)O[C@H]3COC)O[C@H]2COC)C(OC)[C@@H](C)[C@@H]1O[C@H]1OC(COC(=O)c2ccccc2)[C@@H](O[C@@H]2O[C@@H](COC(=O)c3ccccc3)[C@@H](O[C@H]3O[C@H]4COC(c5ccccc5)O[C@H]4C(C)C3C)C(C)C2OC(=O)c2ccccc2)[C@H](C)C1C. The summed E-state index contributed by atoms with van der Waals surface area (Å²) < 4.78 is 161. The lowest BCUT2D eigenvalue weighted by Crippen LogP contribution is -2.64. The number of fused-ring (bicyclic) bond motifs is 1. The molecule has 0 bridgehead atoms. The zero-order chi connectivity index (χ0) is 85.7. The maximum Gasteiger partial charge on any atom is 0.338 e. The van der Waals surface area contributed by atoms with Crippen molar-refractivity contribution in [3.63, 3.8) is 0 Å². The molecule has 0 spiro atoms. The van der Waals surface area contributed by atoms with Crippen molar-refractivity contribution in [3.05, 3.63) is 179 Å². The summed E-state index contributed by atoms with van der Waals surface area (Å²) in [6, 6.07) is 45.7. The largest absolute Gasteiger partial charge is 0.459 e. The van der Waals surface area contributed by atoms with Crippen LogP contribution in [0.1, 0.15) is 132 Å². The van der Waals surface area contributed by atoms with Gasteiger partial charge in [0.25, 0.3) is 0 Å². The van der Waals surface area contributed by atoms with Gasteiger partial charge in [0.1, 0.15) is 68.1 Å². The molecule has 0 N–H and O–H groups in total. The molecule has 27 nitrogen and oxygen atoms in total. The highest BCUT2D eigenvalue weighted by Gasteiger charge is 2.59. The van der Waals surface area contributed by atoms with Crippen LogP contribution in [0.4, 0.5) is 0 Å². The van der Waals surface area contributed by atoms with Gasteiger partial charge in [-0.2, -0.15) is 0 Å². The van der Waals surface area contributed by atoms with Crippen molar-refractivity contribution in [2.45, 2.75) is 244 Å². The number of hydrogen-bond acceptors (Lipinski definition) is 27. The van der Waals surface area contributed by atoms with E-state index in [0.717, 1.165) is 11.1 Å². The molecule has 0 aliphatic carbocycles. The van der Waals surface area contributed by atoms with E-state index in [4.69, 9.17) is 114 Å². The van der Waals surface area contributed by atoms with Crippen molar-refractivity contribution in [1.82, 2.24) is 0 Å². The highest BCUT2D eigenvalue weighted by atomic mass is 16.8. The summed E-state index contributed by atoms with van der Waals surface area (Å²) in [5.41, 5.74) is 2.87. The normalized spacial score (nSPS) is 39.5. The second-order valence-electron chi connectivity index (χ2n) is 34.3. The van der Waals surface area contributed by atoms with Gasteiger partial charge in [-0.3, -0.25) is 0 Å². The summed E-state index contributed by atoms with van der Waals surface area (Å²) in [5, 5.41) is 0. The van der Waals surface area contributed by atoms with E-state index in [1.165, 1.54) is 0 Å². The van der Waals surface area contributed by atoms with Gasteiger partial charge < -0.3 is 114 Å². The monoisotopic (exact) mass is 1690 g/mol. The molecule has 0 saturated carbocycles. The molecular weight excluding hydrogens is 1560 g/mol. The Kier molecular flexibility index (Phi) is 33.0. The first-order valence-corrected chi connectivity index (χ1v) is 43.2. The Morgan fingerprint density at radius 3 is 1.08 bits per heavy atom. The average molecular weight is 1690 g/mol. The Balaban J connectivity index is 0.722. The maximum absolute atomic E-state index is 14.7. The van der Waals surface area contributed by atoms with Crippen LogP contribution in [0.3, 0.4) is 0 Å². The number of carbonyl (C=O) groups is 3. The maximum atomic E-state index is 14.7. The second kappa shape index (κ2) is 43.2. The van der Waals surface area contributed by atoms with Gasteiger partial charge in [-0.1, -0.05) is 191 Å². The van der Waals surface area contributed by atoms with E-state index < -0.39 is 171 Å². The summed E-state index contributed by atoms with van der Waals surface area (Å²) in [5.74, 6) is -4.92. The van der Waals surface area contributed by atoms with E-state index in [1.807, 2.05) is 107 Å². The molecule has 8 saturated heterocycles. The van der Waals surface area contributed by atoms with Crippen LogP contribution in [0.25, 0.3) is 0 Å². The van der Waals surface area contributed by atoms with Crippen LogP contribution in [0.15, 0.2) is 152 Å². The molecule has 0 radical (unpaired) electrons. The van der Waals surface area contributed by atoms with Crippen molar-refractivity contribution in [3.8, 4) is 0 Å². The fourth-order valence-corrected chi connectivity index (χ4v) is 18.5. The minimum Gasteiger partial charge on any atom is -0.459 e. The Labute approximate surface area is 712 Å². The molecule has 666 valence electrons. The van der Waals surface area contributed by atoms with Gasteiger partial charge in [0.05, 0.1) is 105 Å². The molecule has 8 fully saturated rings. The summed E-state index contributed by atoms with van der Waals surface area (Å²) in [7, 11) is 8.13. The molecular formula is C94H128O27. The lowest BCUT2D eigenvalue weighted by Gasteiger charge is -2.52. The summed E-state index contributed by atoms with van der Waals surface area (Å²) in [6.45, 7) is 25.5. The smallest absolute Gasteiger partial charge is 0.338 e. The van der Waals surface area contributed by atoms with Crippen LogP contribution in [0.5, 0.6) is 0 Å². The van der Waals surface area contributed by atoms with Crippen LogP contribution < -0.4 is 0 Å².